The highest BCUT2D eigenvalue weighted by Gasteiger charge is 2.14. The van der Waals surface area contributed by atoms with Gasteiger partial charge in [0, 0.05) is 30.0 Å². The average molecular weight is 375 g/mol. The van der Waals surface area contributed by atoms with Crippen LogP contribution in [-0.4, -0.2) is 24.7 Å². The summed E-state index contributed by atoms with van der Waals surface area (Å²) in [5.74, 6) is -0.548. The van der Waals surface area contributed by atoms with Crippen molar-refractivity contribution in [2.24, 2.45) is 5.73 Å². The van der Waals surface area contributed by atoms with Crippen molar-refractivity contribution in [3.05, 3.63) is 64.2 Å². The van der Waals surface area contributed by atoms with E-state index in [-0.39, 0.29) is 24.5 Å². The number of halogens is 1. The number of carbonyl (C=O) groups excluding carboxylic acids is 3. The van der Waals surface area contributed by atoms with Gasteiger partial charge in [-0.25, -0.2) is 0 Å². The van der Waals surface area contributed by atoms with Gasteiger partial charge in [0.05, 0.1) is 12.7 Å². The SMILES string of the molecule is COc1ccc(Cl)cc1C(=O)CCC(=O)NCc1ccc(C(N)=O)cc1. The summed E-state index contributed by atoms with van der Waals surface area (Å²) < 4.78 is 5.15. The fourth-order valence-electron chi connectivity index (χ4n) is 2.34. The van der Waals surface area contributed by atoms with Crippen LogP contribution >= 0.6 is 11.6 Å². The van der Waals surface area contributed by atoms with Crippen molar-refractivity contribution >= 4 is 29.2 Å². The molecule has 0 bridgehead atoms. The van der Waals surface area contributed by atoms with Gasteiger partial charge in [-0.05, 0) is 35.9 Å². The topological polar surface area (TPSA) is 98.5 Å². The molecule has 0 saturated heterocycles. The van der Waals surface area contributed by atoms with Gasteiger partial charge in [-0.15, -0.1) is 0 Å². The summed E-state index contributed by atoms with van der Waals surface area (Å²) in [5.41, 5.74) is 6.76. The molecular formula is C19H19ClN2O4. The molecule has 0 aliphatic heterocycles. The molecule has 0 atom stereocenters. The lowest BCUT2D eigenvalue weighted by molar-refractivity contribution is -0.121. The number of ketones is 1. The largest absolute Gasteiger partial charge is 0.496 e. The lowest BCUT2D eigenvalue weighted by atomic mass is 10.1. The van der Waals surface area contributed by atoms with E-state index in [0.29, 0.717) is 28.4 Å². The van der Waals surface area contributed by atoms with Gasteiger partial charge in [0.15, 0.2) is 5.78 Å². The molecule has 6 nitrogen and oxygen atoms in total. The summed E-state index contributed by atoms with van der Waals surface area (Å²) in [6.45, 7) is 0.298. The second-order valence-corrected chi connectivity index (χ2v) is 6.04. The van der Waals surface area contributed by atoms with Gasteiger partial charge >= 0.3 is 0 Å². The molecule has 2 rings (SSSR count). The summed E-state index contributed by atoms with van der Waals surface area (Å²) in [7, 11) is 1.47. The van der Waals surface area contributed by atoms with Crippen molar-refractivity contribution in [3.63, 3.8) is 0 Å². The highest BCUT2D eigenvalue weighted by atomic mass is 35.5. The Morgan fingerprint density at radius 3 is 2.38 bits per heavy atom. The summed E-state index contributed by atoms with van der Waals surface area (Å²) >= 11 is 5.91. The monoisotopic (exact) mass is 374 g/mol. The Hall–Kier alpha value is -2.86. The predicted molar refractivity (Wildman–Crippen MR) is 98.4 cm³/mol. The smallest absolute Gasteiger partial charge is 0.248 e. The minimum atomic E-state index is -0.504. The van der Waals surface area contributed by atoms with Crippen LogP contribution < -0.4 is 15.8 Å². The highest BCUT2D eigenvalue weighted by Crippen LogP contribution is 2.24. The summed E-state index contributed by atoms with van der Waals surface area (Å²) in [6.07, 6.45) is 0.0943. The Kier molecular flexibility index (Phi) is 6.74. The Labute approximate surface area is 156 Å². The maximum atomic E-state index is 12.3. The van der Waals surface area contributed by atoms with E-state index < -0.39 is 5.91 Å². The molecule has 2 aromatic carbocycles. The number of nitrogens with two attached hydrogens (primary N) is 1. The number of methoxy groups -OCH3 is 1. The zero-order chi connectivity index (χ0) is 19.1. The van der Waals surface area contributed by atoms with Crippen molar-refractivity contribution < 1.29 is 19.1 Å². The van der Waals surface area contributed by atoms with E-state index in [0.717, 1.165) is 5.56 Å². The second kappa shape index (κ2) is 9.01. The molecule has 0 aliphatic carbocycles. The van der Waals surface area contributed by atoms with Gasteiger partial charge in [0.2, 0.25) is 11.8 Å². The number of primary amides is 1. The van der Waals surface area contributed by atoms with Crippen molar-refractivity contribution in [3.8, 4) is 5.75 Å². The minimum absolute atomic E-state index is 0.0448. The normalized spacial score (nSPS) is 10.2. The van der Waals surface area contributed by atoms with E-state index >= 15 is 0 Å². The Bertz CT molecular complexity index is 819. The first-order valence-corrected chi connectivity index (χ1v) is 8.30. The van der Waals surface area contributed by atoms with Crippen LogP contribution in [0.5, 0.6) is 5.75 Å². The maximum absolute atomic E-state index is 12.3. The van der Waals surface area contributed by atoms with E-state index in [9.17, 15) is 14.4 Å². The number of nitrogens with one attached hydrogen (secondary N) is 1. The van der Waals surface area contributed by atoms with Gasteiger partial charge < -0.3 is 15.8 Å². The Morgan fingerprint density at radius 2 is 1.77 bits per heavy atom. The number of rotatable bonds is 8. The molecule has 0 unspecified atom stereocenters. The maximum Gasteiger partial charge on any atom is 0.248 e. The number of carbonyl (C=O) groups is 3. The third kappa shape index (κ3) is 5.32. The van der Waals surface area contributed by atoms with Crippen molar-refractivity contribution in [1.82, 2.24) is 5.32 Å². The molecule has 0 fully saturated rings. The molecule has 0 heterocycles. The Balaban J connectivity index is 1.86. The summed E-state index contributed by atoms with van der Waals surface area (Å²) in [4.78, 5) is 35.3. The second-order valence-electron chi connectivity index (χ2n) is 5.61. The first kappa shape index (κ1) is 19.5. The number of Topliss-reactive ketones (excluding diaryl/α,β-unsaturated/α-hetero) is 1. The molecule has 3 N–H and O–H groups in total. The molecule has 0 aromatic heterocycles. The van der Waals surface area contributed by atoms with E-state index in [1.807, 2.05) is 0 Å². The standard InChI is InChI=1S/C19H19ClN2O4/c1-26-17-8-6-14(20)10-15(17)16(23)7-9-18(24)22-11-12-2-4-13(5-3-12)19(21)25/h2-6,8,10H,7,9,11H2,1H3,(H2,21,25)(H,22,24). The summed E-state index contributed by atoms with van der Waals surface area (Å²) in [6, 6.07) is 11.4. The number of hydrogen-bond donors (Lipinski definition) is 2. The zero-order valence-corrected chi connectivity index (χ0v) is 15.0. The number of amides is 2. The quantitative estimate of drug-likeness (QED) is 0.694. The molecular weight excluding hydrogens is 356 g/mol. The van der Waals surface area contributed by atoms with E-state index in [4.69, 9.17) is 22.1 Å². The van der Waals surface area contributed by atoms with Crippen LogP contribution in [0.25, 0.3) is 0 Å². The third-order valence-electron chi connectivity index (χ3n) is 3.77. The zero-order valence-electron chi connectivity index (χ0n) is 14.3. The fourth-order valence-corrected chi connectivity index (χ4v) is 2.51. The van der Waals surface area contributed by atoms with Crippen molar-refractivity contribution in [2.45, 2.75) is 19.4 Å². The van der Waals surface area contributed by atoms with Gasteiger partial charge in [-0.3, -0.25) is 14.4 Å². The van der Waals surface area contributed by atoms with Crippen LogP contribution in [0, 0.1) is 0 Å². The molecule has 0 radical (unpaired) electrons. The van der Waals surface area contributed by atoms with Crippen LogP contribution in [-0.2, 0) is 11.3 Å². The van der Waals surface area contributed by atoms with Gasteiger partial charge in [-0.1, -0.05) is 23.7 Å². The summed E-state index contributed by atoms with van der Waals surface area (Å²) in [5, 5.41) is 3.16. The van der Waals surface area contributed by atoms with Gasteiger partial charge in [0.25, 0.3) is 0 Å². The van der Waals surface area contributed by atoms with Crippen molar-refractivity contribution in [2.75, 3.05) is 7.11 Å². The lowest BCUT2D eigenvalue weighted by Gasteiger charge is -2.09. The van der Waals surface area contributed by atoms with E-state index in [2.05, 4.69) is 5.32 Å². The fraction of sp³-hybridized carbons (Fsp3) is 0.211. The first-order chi connectivity index (χ1) is 12.4. The van der Waals surface area contributed by atoms with Crippen LogP contribution in [0.1, 0.15) is 39.1 Å². The third-order valence-corrected chi connectivity index (χ3v) is 4.00. The number of hydrogen-bond acceptors (Lipinski definition) is 4. The lowest BCUT2D eigenvalue weighted by Crippen LogP contribution is -2.23. The highest BCUT2D eigenvalue weighted by molar-refractivity contribution is 6.31. The molecule has 7 heteroatoms. The van der Waals surface area contributed by atoms with Gasteiger partial charge in [0.1, 0.15) is 5.75 Å². The van der Waals surface area contributed by atoms with Crippen LogP contribution in [0.2, 0.25) is 5.02 Å². The number of benzene rings is 2. The molecule has 0 saturated carbocycles. The Morgan fingerprint density at radius 1 is 1.08 bits per heavy atom. The minimum Gasteiger partial charge on any atom is -0.496 e. The predicted octanol–water partition coefficient (Wildman–Crippen LogP) is 2.73. The molecule has 2 aromatic rings. The molecule has 0 aliphatic rings. The first-order valence-electron chi connectivity index (χ1n) is 7.93. The van der Waals surface area contributed by atoms with Crippen LogP contribution in [0.3, 0.4) is 0 Å². The van der Waals surface area contributed by atoms with Crippen LogP contribution in [0.4, 0.5) is 0 Å². The van der Waals surface area contributed by atoms with Crippen LogP contribution in [0.15, 0.2) is 42.5 Å². The average Bonchev–Trinajstić information content (AvgIpc) is 2.64. The molecule has 26 heavy (non-hydrogen) atoms. The van der Waals surface area contributed by atoms with Gasteiger partial charge in [-0.2, -0.15) is 0 Å². The molecule has 2 amide bonds. The van der Waals surface area contributed by atoms with Crippen molar-refractivity contribution in [1.29, 1.82) is 0 Å². The molecule has 136 valence electrons. The van der Waals surface area contributed by atoms with E-state index in [1.54, 1.807) is 36.4 Å². The molecule has 0 spiro atoms. The number of ether oxygens (including phenoxy) is 1. The van der Waals surface area contributed by atoms with E-state index in [1.165, 1.54) is 13.2 Å².